The number of rotatable bonds is 5. The number of allylic oxidation sites excluding steroid dienone is 1. The number of hydrogen-bond acceptors (Lipinski definition) is 4. The zero-order valence-corrected chi connectivity index (χ0v) is 13.1. The van der Waals surface area contributed by atoms with E-state index in [1.165, 1.54) is 13.1 Å². The Kier molecular flexibility index (Phi) is 9.48. The molecule has 0 aromatic rings. The zero-order chi connectivity index (χ0) is 15.7. The molecule has 0 heterocycles. The number of aliphatic hydroxyl groups is 1. The second-order valence-corrected chi connectivity index (χ2v) is 5.71. The Labute approximate surface area is 116 Å². The summed E-state index contributed by atoms with van der Waals surface area (Å²) in [6.07, 6.45) is 3.34. The molecule has 0 radical (unpaired) electrons. The third-order valence-electron chi connectivity index (χ3n) is 3.15. The largest absolute Gasteiger partial charge is 0.403 e. The van der Waals surface area contributed by atoms with Gasteiger partial charge in [-0.25, -0.2) is 4.39 Å². The van der Waals surface area contributed by atoms with Crippen LogP contribution in [0.1, 0.15) is 54.4 Å². The Morgan fingerprint density at radius 2 is 1.84 bits per heavy atom. The molecule has 0 bridgehead atoms. The Morgan fingerprint density at radius 3 is 2.05 bits per heavy atom. The summed E-state index contributed by atoms with van der Waals surface area (Å²) in [5.74, 6) is 0. The summed E-state index contributed by atoms with van der Waals surface area (Å²) in [5, 5.41) is 9.68. The lowest BCUT2D eigenvalue weighted by Gasteiger charge is -2.37. The minimum absolute atomic E-state index is 0.0434. The van der Waals surface area contributed by atoms with E-state index < -0.39 is 11.9 Å². The Hall–Kier alpha value is -1.10. The van der Waals surface area contributed by atoms with Crippen molar-refractivity contribution in [1.29, 1.82) is 0 Å². The molecule has 0 amide bonds. The van der Waals surface area contributed by atoms with Crippen LogP contribution in [0.15, 0.2) is 16.9 Å². The van der Waals surface area contributed by atoms with Crippen LogP contribution in [0.3, 0.4) is 0 Å². The molecule has 0 rings (SSSR count). The minimum atomic E-state index is -1.22. The molecular weight excluding hydrogens is 245 g/mol. The number of alkyl halides is 1. The molecule has 0 aromatic heterocycles. The van der Waals surface area contributed by atoms with E-state index in [1.54, 1.807) is 0 Å². The first-order valence-electron chi connectivity index (χ1n) is 6.55. The highest BCUT2D eigenvalue weighted by Gasteiger charge is 2.33. The van der Waals surface area contributed by atoms with E-state index in [1.807, 2.05) is 13.8 Å². The Balaban J connectivity index is 0. The van der Waals surface area contributed by atoms with E-state index in [2.05, 4.69) is 25.8 Å². The maximum absolute atomic E-state index is 11.9. The maximum atomic E-state index is 11.9. The van der Waals surface area contributed by atoms with Crippen LogP contribution in [0.4, 0.5) is 4.39 Å². The fraction of sp³-hybridized carbons (Fsp3) is 0.786. The molecule has 4 nitrogen and oxygen atoms in total. The number of hydrogen-bond donors (Lipinski definition) is 3. The van der Waals surface area contributed by atoms with Gasteiger partial charge in [-0.05, 0) is 32.6 Å². The van der Waals surface area contributed by atoms with Crippen LogP contribution >= 0.6 is 0 Å². The quantitative estimate of drug-likeness (QED) is 0.533. The number of nitrogens with two attached hydrogens (primary N) is 2. The third kappa shape index (κ3) is 10.5. The van der Waals surface area contributed by atoms with Gasteiger partial charge >= 0.3 is 0 Å². The summed E-state index contributed by atoms with van der Waals surface area (Å²) in [5.41, 5.74) is 9.85. The van der Waals surface area contributed by atoms with E-state index in [4.69, 9.17) is 11.5 Å². The van der Waals surface area contributed by atoms with Gasteiger partial charge < -0.3 is 16.6 Å². The molecule has 0 aliphatic heterocycles. The molecule has 0 aliphatic carbocycles. The molecule has 0 aromatic carbocycles. The lowest BCUT2D eigenvalue weighted by molar-refractivity contribution is -0.0396. The highest BCUT2D eigenvalue weighted by molar-refractivity contribution is 5.76. The lowest BCUT2D eigenvalue weighted by Crippen LogP contribution is -2.38. The summed E-state index contributed by atoms with van der Waals surface area (Å²) >= 11 is 0. The van der Waals surface area contributed by atoms with Crippen LogP contribution in [0, 0.1) is 5.41 Å². The van der Waals surface area contributed by atoms with Crippen molar-refractivity contribution < 1.29 is 9.50 Å². The number of aliphatic imine (C=N–C) groups is 1. The van der Waals surface area contributed by atoms with Crippen molar-refractivity contribution in [2.24, 2.45) is 21.9 Å². The Morgan fingerprint density at radius 1 is 1.37 bits per heavy atom. The topological polar surface area (TPSA) is 84.6 Å². The summed E-state index contributed by atoms with van der Waals surface area (Å²) < 4.78 is 11.9. The molecule has 1 atom stereocenters. The van der Waals surface area contributed by atoms with Gasteiger partial charge in [0, 0.05) is 12.4 Å². The van der Waals surface area contributed by atoms with Gasteiger partial charge in [0.15, 0.2) is 6.30 Å². The van der Waals surface area contributed by atoms with Gasteiger partial charge in [0.25, 0.3) is 0 Å². The molecule has 0 saturated carbocycles. The average Bonchev–Trinajstić information content (AvgIpc) is 2.25. The van der Waals surface area contributed by atoms with Gasteiger partial charge in [0.05, 0.1) is 11.3 Å². The summed E-state index contributed by atoms with van der Waals surface area (Å²) in [4.78, 5) is 3.33. The second-order valence-electron chi connectivity index (χ2n) is 5.71. The van der Waals surface area contributed by atoms with Crippen molar-refractivity contribution in [3.05, 3.63) is 11.9 Å². The molecule has 1 unspecified atom stereocenters. The SMILES string of the molecule is CC(F)/N=C/C(N)=C\N.CCCC(C)(C)C(C)(C)O. The van der Waals surface area contributed by atoms with Gasteiger partial charge in [-0.3, -0.25) is 4.99 Å². The van der Waals surface area contributed by atoms with E-state index >= 15 is 0 Å². The van der Waals surface area contributed by atoms with Gasteiger partial charge in [-0.15, -0.1) is 0 Å². The van der Waals surface area contributed by atoms with Crippen molar-refractivity contribution >= 4 is 6.21 Å². The van der Waals surface area contributed by atoms with Crippen molar-refractivity contribution in [1.82, 2.24) is 0 Å². The predicted octanol–water partition coefficient (Wildman–Crippen LogP) is 2.72. The summed E-state index contributed by atoms with van der Waals surface area (Å²) in [6, 6.07) is 0. The smallest absolute Gasteiger partial charge is 0.187 e. The highest BCUT2D eigenvalue weighted by atomic mass is 19.1. The fourth-order valence-electron chi connectivity index (χ4n) is 1.16. The van der Waals surface area contributed by atoms with Crippen molar-refractivity contribution in [2.45, 2.75) is 66.3 Å². The standard InChI is InChI=1S/C9H20O.C5H10FN3/c1-6-7-8(2,3)9(4,5)10;1-4(6)9-3-5(8)2-7/h10H,6-7H2,1-5H3;2-4H,7-8H2,1H3/b;5-2+,9-3+. The first-order chi connectivity index (χ1) is 8.47. The predicted molar refractivity (Wildman–Crippen MR) is 80.5 cm³/mol. The molecular formula is C14H30FN3O. The third-order valence-corrected chi connectivity index (χ3v) is 3.15. The summed E-state index contributed by atoms with van der Waals surface area (Å²) in [6.45, 7) is 11.4. The van der Waals surface area contributed by atoms with Crippen LogP contribution in [-0.4, -0.2) is 23.2 Å². The van der Waals surface area contributed by atoms with Crippen molar-refractivity contribution in [3.8, 4) is 0 Å². The molecule has 0 spiro atoms. The zero-order valence-electron chi connectivity index (χ0n) is 13.1. The van der Waals surface area contributed by atoms with Crippen LogP contribution in [0.25, 0.3) is 0 Å². The van der Waals surface area contributed by atoms with Crippen LogP contribution in [0.2, 0.25) is 0 Å². The van der Waals surface area contributed by atoms with Gasteiger partial charge in [0.2, 0.25) is 0 Å². The molecule has 0 saturated heterocycles. The van der Waals surface area contributed by atoms with Gasteiger partial charge in [-0.1, -0.05) is 27.2 Å². The van der Waals surface area contributed by atoms with Gasteiger partial charge in [0.1, 0.15) is 0 Å². The van der Waals surface area contributed by atoms with Crippen molar-refractivity contribution in [3.63, 3.8) is 0 Å². The van der Waals surface area contributed by atoms with Crippen LogP contribution in [-0.2, 0) is 0 Å². The second kappa shape index (κ2) is 8.91. The van der Waals surface area contributed by atoms with E-state index in [0.717, 1.165) is 19.0 Å². The molecule has 0 fully saturated rings. The van der Waals surface area contributed by atoms with Crippen LogP contribution < -0.4 is 11.5 Å². The van der Waals surface area contributed by atoms with Crippen LogP contribution in [0.5, 0.6) is 0 Å². The number of nitrogens with zero attached hydrogens (tertiary/aromatic N) is 1. The first-order valence-corrected chi connectivity index (χ1v) is 6.55. The Bertz CT molecular complexity index is 292. The number of halogens is 1. The normalized spacial score (nSPS) is 15.1. The molecule has 5 heteroatoms. The van der Waals surface area contributed by atoms with E-state index in [0.29, 0.717) is 0 Å². The van der Waals surface area contributed by atoms with E-state index in [9.17, 15) is 9.50 Å². The molecule has 0 aliphatic rings. The minimum Gasteiger partial charge on any atom is -0.403 e. The highest BCUT2D eigenvalue weighted by Crippen LogP contribution is 2.34. The maximum Gasteiger partial charge on any atom is 0.187 e. The fourth-order valence-corrected chi connectivity index (χ4v) is 1.16. The lowest BCUT2D eigenvalue weighted by atomic mass is 9.74. The summed E-state index contributed by atoms with van der Waals surface area (Å²) in [7, 11) is 0. The van der Waals surface area contributed by atoms with Crippen molar-refractivity contribution in [2.75, 3.05) is 0 Å². The monoisotopic (exact) mass is 275 g/mol. The average molecular weight is 275 g/mol. The van der Waals surface area contributed by atoms with Gasteiger partial charge in [-0.2, -0.15) is 0 Å². The molecule has 19 heavy (non-hydrogen) atoms. The van der Waals surface area contributed by atoms with E-state index in [-0.39, 0.29) is 11.1 Å². The molecule has 114 valence electrons. The first kappa shape index (κ1) is 20.2. The molecule has 5 N–H and O–H groups in total.